The second-order valence-corrected chi connectivity index (χ2v) is 18.7. The number of hydrogen-bond donors (Lipinski definition) is 0. The molecule has 2 aromatic heterocycles. The maximum atomic E-state index is 7.14. The Morgan fingerprint density at radius 3 is 1.54 bits per heavy atom. The van der Waals surface area contributed by atoms with Gasteiger partial charge in [0.05, 0.1) is 5.41 Å². The highest BCUT2D eigenvalue weighted by Crippen LogP contribution is 2.59. The van der Waals surface area contributed by atoms with Crippen molar-refractivity contribution in [3.05, 3.63) is 258 Å². The molecule has 2 heterocycles. The Morgan fingerprint density at radius 1 is 0.328 bits per heavy atom. The molecule has 0 unspecified atom stereocenters. The summed E-state index contributed by atoms with van der Waals surface area (Å²) in [5.74, 6) is 0. The summed E-state index contributed by atoms with van der Waals surface area (Å²) in [5, 5.41) is 4.41. The molecule has 3 heteroatoms. The zero-order valence-corrected chi connectivity index (χ0v) is 37.1. The highest BCUT2D eigenvalue weighted by Gasteiger charge is 2.48. The van der Waals surface area contributed by atoms with Crippen LogP contribution in [-0.2, 0) is 10.8 Å². The number of nitrogens with zero attached hydrogens (tertiary/aromatic N) is 1. The smallest absolute Gasteiger partial charge is 0.143 e. The second kappa shape index (κ2) is 14.1. The Bertz CT molecular complexity index is 3920. The lowest BCUT2D eigenvalue weighted by Gasteiger charge is -2.35. The van der Waals surface area contributed by atoms with Crippen molar-refractivity contribution in [3.8, 4) is 33.4 Å². The predicted molar refractivity (Wildman–Crippen MR) is 276 cm³/mol. The van der Waals surface area contributed by atoms with Crippen LogP contribution in [0.15, 0.2) is 233 Å². The third-order valence-corrected chi connectivity index (χ3v) is 15.0. The van der Waals surface area contributed by atoms with E-state index in [9.17, 15) is 0 Å². The first-order chi connectivity index (χ1) is 33.0. The van der Waals surface area contributed by atoms with Crippen LogP contribution in [-0.4, -0.2) is 0 Å². The van der Waals surface area contributed by atoms with E-state index in [0.29, 0.717) is 0 Å². The van der Waals surface area contributed by atoms with Crippen molar-refractivity contribution >= 4 is 60.9 Å². The van der Waals surface area contributed by atoms with E-state index in [1.165, 1.54) is 50.1 Å². The number of rotatable bonds is 6. The van der Waals surface area contributed by atoms with Crippen LogP contribution < -0.4 is 4.90 Å². The molecular weight excluding hydrogens is 815 g/mol. The molecule has 67 heavy (non-hydrogen) atoms. The highest BCUT2D eigenvalue weighted by atomic mass is 16.3. The van der Waals surface area contributed by atoms with E-state index in [1.54, 1.807) is 0 Å². The molecule has 0 amide bonds. The Kier molecular flexibility index (Phi) is 7.95. The first-order valence-electron chi connectivity index (χ1n) is 23.2. The third kappa shape index (κ3) is 5.28. The van der Waals surface area contributed by atoms with Crippen molar-refractivity contribution in [2.75, 3.05) is 4.90 Å². The minimum atomic E-state index is -0.695. The molecule has 0 spiro atoms. The van der Waals surface area contributed by atoms with Crippen LogP contribution in [0.4, 0.5) is 17.1 Å². The summed E-state index contributed by atoms with van der Waals surface area (Å²) in [6, 6.07) is 82.0. The van der Waals surface area contributed by atoms with Gasteiger partial charge in [0, 0.05) is 55.1 Å². The van der Waals surface area contributed by atoms with E-state index in [1.807, 2.05) is 6.07 Å². The molecule has 10 aromatic carbocycles. The van der Waals surface area contributed by atoms with E-state index in [2.05, 4.69) is 237 Å². The number of anilines is 3. The Labute approximate surface area is 388 Å². The maximum absolute atomic E-state index is 7.14. The number of para-hydroxylation sites is 3. The van der Waals surface area contributed by atoms with Gasteiger partial charge < -0.3 is 13.7 Å². The average molecular weight is 858 g/mol. The van der Waals surface area contributed by atoms with Crippen LogP contribution in [0, 0.1) is 0 Å². The van der Waals surface area contributed by atoms with Crippen molar-refractivity contribution in [3.63, 3.8) is 0 Å². The van der Waals surface area contributed by atoms with E-state index < -0.39 is 5.41 Å². The second-order valence-electron chi connectivity index (χ2n) is 18.7. The monoisotopic (exact) mass is 857 g/mol. The first kappa shape index (κ1) is 37.9. The van der Waals surface area contributed by atoms with Crippen molar-refractivity contribution in [2.24, 2.45) is 0 Å². The van der Waals surface area contributed by atoms with Crippen LogP contribution in [0.25, 0.3) is 77.3 Å². The lowest BCUT2D eigenvalue weighted by atomic mass is 9.67. The molecule has 0 saturated carbocycles. The summed E-state index contributed by atoms with van der Waals surface area (Å²) in [6.07, 6.45) is 0. The summed E-state index contributed by atoms with van der Waals surface area (Å²) >= 11 is 0. The Morgan fingerprint density at radius 2 is 0.836 bits per heavy atom. The van der Waals surface area contributed by atoms with E-state index in [-0.39, 0.29) is 5.41 Å². The van der Waals surface area contributed by atoms with Gasteiger partial charge in [-0.25, -0.2) is 0 Å². The van der Waals surface area contributed by atoms with E-state index in [0.717, 1.165) is 77.6 Å². The van der Waals surface area contributed by atoms with Crippen LogP contribution in [0.5, 0.6) is 0 Å². The molecule has 2 aliphatic rings. The van der Waals surface area contributed by atoms with Crippen LogP contribution >= 0.6 is 0 Å². The predicted octanol–water partition coefficient (Wildman–Crippen LogP) is 17.3. The molecule has 0 atom stereocenters. The molecule has 0 fully saturated rings. The summed E-state index contributed by atoms with van der Waals surface area (Å²) in [5.41, 5.74) is 20.6. The number of furan rings is 2. The molecule has 2 aliphatic carbocycles. The maximum Gasteiger partial charge on any atom is 0.143 e. The lowest BCUT2D eigenvalue weighted by molar-refractivity contribution is 0.648. The highest BCUT2D eigenvalue weighted by molar-refractivity contribution is 6.11. The van der Waals surface area contributed by atoms with Gasteiger partial charge >= 0.3 is 0 Å². The average Bonchev–Trinajstić information content (AvgIpc) is 4.10. The van der Waals surface area contributed by atoms with Gasteiger partial charge in [-0.15, -0.1) is 0 Å². The summed E-state index contributed by atoms with van der Waals surface area (Å²) in [7, 11) is 0. The van der Waals surface area contributed by atoms with E-state index >= 15 is 0 Å². The van der Waals surface area contributed by atoms with Gasteiger partial charge in [-0.1, -0.05) is 190 Å². The first-order valence-corrected chi connectivity index (χ1v) is 23.2. The summed E-state index contributed by atoms with van der Waals surface area (Å²) in [6.45, 7) is 4.72. The van der Waals surface area contributed by atoms with Crippen LogP contribution in [0.3, 0.4) is 0 Å². The van der Waals surface area contributed by atoms with Gasteiger partial charge in [0.15, 0.2) is 0 Å². The van der Waals surface area contributed by atoms with E-state index in [4.69, 9.17) is 8.83 Å². The van der Waals surface area contributed by atoms with Gasteiger partial charge in [-0.05, 0) is 104 Å². The normalized spacial score (nSPS) is 14.1. The quantitative estimate of drug-likeness (QED) is 0.167. The number of benzene rings is 10. The van der Waals surface area contributed by atoms with Crippen molar-refractivity contribution in [2.45, 2.75) is 24.7 Å². The SMILES string of the molecule is CC1(C)c2ccccc2-c2ccc(N(c3ccc(-c4cccc5c4oc4ccccc45)cc3)c3cc(C4(c5ccccc5)c5ccccc5-c5ccccc54)c4oc5ccccc5c4c3)cc21. The van der Waals surface area contributed by atoms with Gasteiger partial charge in [0.1, 0.15) is 22.3 Å². The van der Waals surface area contributed by atoms with Crippen molar-refractivity contribution < 1.29 is 8.83 Å². The number of hydrogen-bond acceptors (Lipinski definition) is 3. The summed E-state index contributed by atoms with van der Waals surface area (Å²) < 4.78 is 13.7. The van der Waals surface area contributed by atoms with Crippen LogP contribution in [0.1, 0.15) is 47.2 Å². The lowest BCUT2D eigenvalue weighted by Crippen LogP contribution is -2.29. The standard InChI is InChI=1S/C64H43NO2/c1-63(2)54-26-11-6-19-46(54)49-36-35-43(38-57(49)63)65(42-33-31-40(32-34-42)45-24-16-25-52-50-22-9-14-29-59(50)66-61(45)52)44-37-53-51-23-10-15-30-60(51)67-62(53)58(39-44)64(41-17-4-3-5-18-41)55-27-12-7-20-47(55)48-21-8-13-28-56(48)64/h3-39H,1-2H3. The van der Waals surface area contributed by atoms with Gasteiger partial charge in [-0.2, -0.15) is 0 Å². The van der Waals surface area contributed by atoms with Crippen LogP contribution in [0.2, 0.25) is 0 Å². The Balaban J connectivity index is 1.06. The number of fused-ring (bicyclic) bond motifs is 12. The molecule has 0 radical (unpaired) electrons. The zero-order valence-electron chi connectivity index (χ0n) is 37.1. The molecular formula is C64H43NO2. The molecule has 0 N–H and O–H groups in total. The minimum Gasteiger partial charge on any atom is -0.456 e. The van der Waals surface area contributed by atoms with Crippen molar-refractivity contribution in [1.29, 1.82) is 0 Å². The molecule has 3 nitrogen and oxygen atoms in total. The molecule has 0 bridgehead atoms. The molecule has 0 aliphatic heterocycles. The van der Waals surface area contributed by atoms with Crippen molar-refractivity contribution in [1.82, 2.24) is 0 Å². The molecule has 0 saturated heterocycles. The largest absolute Gasteiger partial charge is 0.456 e. The zero-order chi connectivity index (χ0) is 44.4. The third-order valence-electron chi connectivity index (χ3n) is 15.0. The molecule has 14 rings (SSSR count). The minimum absolute atomic E-state index is 0.187. The Hall–Kier alpha value is -8.40. The fraction of sp³-hybridized carbons (Fsp3) is 0.0625. The van der Waals surface area contributed by atoms with Gasteiger partial charge in [-0.3, -0.25) is 0 Å². The van der Waals surface area contributed by atoms with Gasteiger partial charge in [0.2, 0.25) is 0 Å². The summed E-state index contributed by atoms with van der Waals surface area (Å²) in [4.78, 5) is 2.46. The van der Waals surface area contributed by atoms with Gasteiger partial charge in [0.25, 0.3) is 0 Å². The fourth-order valence-electron chi connectivity index (χ4n) is 11.9. The molecule has 12 aromatic rings. The fourth-order valence-corrected chi connectivity index (χ4v) is 11.9. The molecule has 316 valence electrons. The topological polar surface area (TPSA) is 29.5 Å².